The monoisotopic (exact) mass is 360 g/mol. The third kappa shape index (κ3) is 4.38. The van der Waals surface area contributed by atoms with E-state index in [-0.39, 0.29) is 34.5 Å². The number of hydrogen-bond donors (Lipinski definition) is 4. The van der Waals surface area contributed by atoms with Gasteiger partial charge in [-0.15, -0.1) is 0 Å². The van der Waals surface area contributed by atoms with Crippen LogP contribution in [0.4, 0.5) is 5.69 Å². The number of carboxylic acids is 4. The van der Waals surface area contributed by atoms with E-state index in [2.05, 4.69) is 10.2 Å². The first-order valence-corrected chi connectivity index (χ1v) is 7.09. The van der Waals surface area contributed by atoms with Gasteiger partial charge in [-0.25, -0.2) is 14.4 Å². The van der Waals surface area contributed by atoms with Gasteiger partial charge in [-0.1, -0.05) is 6.08 Å². The summed E-state index contributed by atoms with van der Waals surface area (Å²) >= 11 is 0. The maximum atomic E-state index is 11.1. The average Bonchev–Trinajstić information content (AvgIpc) is 2.59. The molecule has 1 aromatic carbocycles. The fourth-order valence-electron chi connectivity index (χ4n) is 2.19. The van der Waals surface area contributed by atoms with E-state index in [1.165, 1.54) is 0 Å². The highest BCUT2D eigenvalue weighted by atomic mass is 16.4. The molecule has 1 aliphatic carbocycles. The Bertz CT molecular complexity index is 865. The zero-order valence-electron chi connectivity index (χ0n) is 13.0. The van der Waals surface area contributed by atoms with Crippen molar-refractivity contribution in [2.24, 2.45) is 16.1 Å². The van der Waals surface area contributed by atoms with E-state index in [1.807, 2.05) is 0 Å². The number of aromatic carboxylic acids is 2. The van der Waals surface area contributed by atoms with Gasteiger partial charge in [0.25, 0.3) is 0 Å². The summed E-state index contributed by atoms with van der Waals surface area (Å²) in [6.45, 7) is 0. The number of carbonyl (C=O) groups is 4. The third-order valence-electron chi connectivity index (χ3n) is 3.40. The lowest BCUT2D eigenvalue weighted by Gasteiger charge is -2.13. The van der Waals surface area contributed by atoms with Crippen LogP contribution < -0.4 is 0 Å². The Morgan fingerprint density at radius 3 is 1.88 bits per heavy atom. The average molecular weight is 360 g/mol. The molecule has 0 heterocycles. The molecule has 0 bridgehead atoms. The number of carboxylic acid groups (broad SMARTS) is 4. The number of rotatable bonds is 6. The molecule has 1 aliphatic rings. The predicted octanol–water partition coefficient (Wildman–Crippen LogP) is 2.17. The largest absolute Gasteiger partial charge is 0.481 e. The highest BCUT2D eigenvalue weighted by molar-refractivity contribution is 5.95. The quantitative estimate of drug-likeness (QED) is 0.558. The summed E-state index contributed by atoms with van der Waals surface area (Å²) < 4.78 is 0. The molecule has 0 aromatic heterocycles. The van der Waals surface area contributed by atoms with Crippen LogP contribution in [0.15, 0.2) is 51.8 Å². The summed E-state index contributed by atoms with van der Waals surface area (Å²) in [7, 11) is 0. The fraction of sp³-hybridized carbons (Fsp3) is 0.125. The Labute approximate surface area is 145 Å². The Morgan fingerprint density at radius 2 is 1.42 bits per heavy atom. The molecule has 1 unspecified atom stereocenters. The number of aliphatic carboxylic acids is 2. The molecule has 2 rings (SSSR count). The van der Waals surface area contributed by atoms with Crippen molar-refractivity contribution in [3.8, 4) is 0 Å². The van der Waals surface area contributed by atoms with Gasteiger partial charge < -0.3 is 20.4 Å². The smallest absolute Gasteiger partial charge is 0.335 e. The maximum Gasteiger partial charge on any atom is 0.335 e. The first-order chi connectivity index (χ1) is 12.2. The van der Waals surface area contributed by atoms with Crippen LogP contribution in [-0.4, -0.2) is 44.3 Å². The molecule has 4 N–H and O–H groups in total. The van der Waals surface area contributed by atoms with E-state index in [1.54, 1.807) is 0 Å². The van der Waals surface area contributed by atoms with Crippen molar-refractivity contribution >= 4 is 29.6 Å². The Morgan fingerprint density at radius 1 is 0.846 bits per heavy atom. The summed E-state index contributed by atoms with van der Waals surface area (Å²) in [6, 6.07) is 3.13. The van der Waals surface area contributed by atoms with Crippen LogP contribution in [0.5, 0.6) is 0 Å². The van der Waals surface area contributed by atoms with Crippen molar-refractivity contribution in [1.29, 1.82) is 0 Å². The number of allylic oxidation sites excluding steroid dienone is 1. The lowest BCUT2D eigenvalue weighted by atomic mass is 9.94. The topological polar surface area (TPSA) is 174 Å². The Balaban J connectivity index is 2.38. The molecule has 0 aliphatic heterocycles. The zero-order chi connectivity index (χ0) is 19.4. The molecule has 0 radical (unpaired) electrons. The first-order valence-electron chi connectivity index (χ1n) is 7.09. The summed E-state index contributed by atoms with van der Waals surface area (Å²) in [5.74, 6) is -6.37. The van der Waals surface area contributed by atoms with Crippen molar-refractivity contribution in [2.45, 2.75) is 6.42 Å². The molecule has 1 aromatic rings. The van der Waals surface area contributed by atoms with Crippen molar-refractivity contribution < 1.29 is 39.6 Å². The summed E-state index contributed by atoms with van der Waals surface area (Å²) in [5.41, 5.74) is -0.920. The van der Waals surface area contributed by atoms with Crippen LogP contribution in [0.2, 0.25) is 0 Å². The lowest BCUT2D eigenvalue weighted by Crippen LogP contribution is -2.17. The van der Waals surface area contributed by atoms with Crippen LogP contribution in [0.1, 0.15) is 27.1 Å². The van der Waals surface area contributed by atoms with Gasteiger partial charge in [0, 0.05) is 6.42 Å². The van der Waals surface area contributed by atoms with E-state index in [4.69, 9.17) is 20.4 Å². The highest BCUT2D eigenvalue weighted by Gasteiger charge is 2.24. The van der Waals surface area contributed by atoms with Gasteiger partial charge in [0.15, 0.2) is 0 Å². The van der Waals surface area contributed by atoms with Gasteiger partial charge >= 0.3 is 23.9 Å². The molecule has 0 spiro atoms. The van der Waals surface area contributed by atoms with Gasteiger partial charge in [-0.2, -0.15) is 10.2 Å². The van der Waals surface area contributed by atoms with Crippen molar-refractivity contribution in [2.75, 3.05) is 0 Å². The number of nitrogens with zero attached hydrogens (tertiary/aromatic N) is 2. The van der Waals surface area contributed by atoms with Crippen molar-refractivity contribution in [3.05, 3.63) is 52.7 Å². The molecule has 0 saturated carbocycles. The van der Waals surface area contributed by atoms with Gasteiger partial charge in [0.2, 0.25) is 0 Å². The Hall–Kier alpha value is -3.82. The third-order valence-corrected chi connectivity index (χ3v) is 3.40. The van der Waals surface area contributed by atoms with Gasteiger partial charge in [0.05, 0.1) is 34.0 Å². The predicted molar refractivity (Wildman–Crippen MR) is 84.4 cm³/mol. The molecule has 134 valence electrons. The zero-order valence-corrected chi connectivity index (χ0v) is 13.0. The van der Waals surface area contributed by atoms with E-state index in [9.17, 15) is 19.2 Å². The SMILES string of the molecule is O=C(O)C1=CC(C(=O)O)CC(N=Nc2cc(C(=O)O)cc(C(=O)O)c2)=C1. The minimum Gasteiger partial charge on any atom is -0.481 e. The molecule has 10 nitrogen and oxygen atoms in total. The van der Waals surface area contributed by atoms with Gasteiger partial charge in [0.1, 0.15) is 0 Å². The van der Waals surface area contributed by atoms with E-state index < -0.39 is 29.8 Å². The van der Waals surface area contributed by atoms with Crippen LogP contribution in [0.25, 0.3) is 0 Å². The molecule has 1 atom stereocenters. The number of hydrogen-bond acceptors (Lipinski definition) is 6. The molecular formula is C16H12N2O8. The standard InChI is InChI=1S/C16H12N2O8/c19-13(20)7-1-8(14(21)22)4-11(3-7)17-18-12-5-9(15(23)24)2-10(6-12)16(25)26/h1-5,10H,6H2,(H,19,20)(H,21,22)(H,23,24)(H,25,26). The molecule has 0 amide bonds. The van der Waals surface area contributed by atoms with Gasteiger partial charge in [-0.3, -0.25) is 4.79 Å². The summed E-state index contributed by atoms with van der Waals surface area (Å²) in [4.78, 5) is 44.3. The normalized spacial score (nSPS) is 16.7. The second-order valence-electron chi connectivity index (χ2n) is 5.29. The molecule has 0 fully saturated rings. The molecular weight excluding hydrogens is 348 g/mol. The van der Waals surface area contributed by atoms with E-state index >= 15 is 0 Å². The fourth-order valence-corrected chi connectivity index (χ4v) is 2.19. The van der Waals surface area contributed by atoms with Crippen molar-refractivity contribution in [1.82, 2.24) is 0 Å². The first kappa shape index (κ1) is 18.5. The van der Waals surface area contributed by atoms with E-state index in [0.717, 1.165) is 30.4 Å². The summed E-state index contributed by atoms with van der Waals surface area (Å²) in [5, 5.41) is 43.6. The van der Waals surface area contributed by atoms with Crippen LogP contribution >= 0.6 is 0 Å². The van der Waals surface area contributed by atoms with Crippen LogP contribution in [0, 0.1) is 5.92 Å². The van der Waals surface area contributed by atoms with E-state index in [0.29, 0.717) is 0 Å². The maximum absolute atomic E-state index is 11.1. The molecule has 0 saturated heterocycles. The second-order valence-corrected chi connectivity index (χ2v) is 5.29. The minimum absolute atomic E-state index is 0.0508. The highest BCUT2D eigenvalue weighted by Crippen LogP contribution is 2.26. The van der Waals surface area contributed by atoms with Crippen LogP contribution in [-0.2, 0) is 9.59 Å². The lowest BCUT2D eigenvalue weighted by molar-refractivity contribution is -0.140. The number of benzene rings is 1. The minimum atomic E-state index is -1.36. The molecule has 10 heteroatoms. The molecule has 26 heavy (non-hydrogen) atoms. The second kappa shape index (κ2) is 7.38. The van der Waals surface area contributed by atoms with Crippen molar-refractivity contribution in [3.63, 3.8) is 0 Å². The Kier molecular flexibility index (Phi) is 5.26. The number of azo groups is 1. The summed E-state index contributed by atoms with van der Waals surface area (Å²) in [6.07, 6.45) is 2.11. The van der Waals surface area contributed by atoms with Crippen LogP contribution in [0.3, 0.4) is 0 Å². The van der Waals surface area contributed by atoms with Gasteiger partial charge in [-0.05, 0) is 24.3 Å².